The smallest absolute Gasteiger partial charge is 0.190 e. The van der Waals surface area contributed by atoms with Gasteiger partial charge in [0.25, 0.3) is 0 Å². The Bertz CT molecular complexity index is 79.6. The van der Waals surface area contributed by atoms with Crippen molar-refractivity contribution in [2.24, 2.45) is 5.73 Å². The summed E-state index contributed by atoms with van der Waals surface area (Å²) in [4.78, 5) is 0. The number of hydrogen-bond acceptors (Lipinski definition) is 1. The molecule has 0 unspecified atom stereocenters. The molecule has 0 aromatic rings. The summed E-state index contributed by atoms with van der Waals surface area (Å²) in [5, 5.41) is 0. The van der Waals surface area contributed by atoms with Crippen molar-refractivity contribution in [2.75, 3.05) is 6.54 Å². The molecule has 1 nitrogen and oxygen atoms in total. The van der Waals surface area contributed by atoms with Gasteiger partial charge in [0.15, 0.2) is 3.79 Å². The van der Waals surface area contributed by atoms with Gasteiger partial charge in [0, 0.05) is 0 Å². The van der Waals surface area contributed by atoms with Crippen LogP contribution >= 0.6 is 34.8 Å². The van der Waals surface area contributed by atoms with Crippen LogP contribution in [0.3, 0.4) is 0 Å². The van der Waals surface area contributed by atoms with E-state index in [1.165, 1.54) is 0 Å². The monoisotopic (exact) mass is 203 g/mol. The van der Waals surface area contributed by atoms with Crippen molar-refractivity contribution in [3.8, 4) is 0 Å². The lowest BCUT2D eigenvalue weighted by Gasteiger charge is -2.08. The zero-order chi connectivity index (χ0) is 8.04. The molecule has 0 aromatic carbocycles. The number of hydrogen-bond donors (Lipinski definition) is 1. The quantitative estimate of drug-likeness (QED) is 0.553. The molecule has 0 spiro atoms. The molecule has 0 saturated carbocycles. The minimum atomic E-state index is -1.07. The first kappa shape index (κ1) is 10.8. The van der Waals surface area contributed by atoms with E-state index in [1.807, 2.05) is 0 Å². The number of alkyl halides is 3. The van der Waals surface area contributed by atoms with Gasteiger partial charge in [-0.2, -0.15) is 0 Å². The molecule has 0 amide bonds. The Morgan fingerprint density at radius 3 is 2.00 bits per heavy atom. The summed E-state index contributed by atoms with van der Waals surface area (Å²) in [6.45, 7) is 0.722. The van der Waals surface area contributed by atoms with Crippen molar-refractivity contribution < 1.29 is 0 Å². The highest BCUT2D eigenvalue weighted by Crippen LogP contribution is 2.31. The molecule has 0 bridgehead atoms. The molecule has 0 aliphatic carbocycles. The first-order valence-electron chi connectivity index (χ1n) is 3.33. The predicted molar refractivity (Wildman–Crippen MR) is 47.8 cm³/mol. The SMILES string of the molecule is NCCCCCC(Cl)(Cl)Cl. The Kier molecular flexibility index (Phi) is 5.93. The van der Waals surface area contributed by atoms with Crippen LogP contribution in [0.25, 0.3) is 0 Å². The summed E-state index contributed by atoms with van der Waals surface area (Å²) < 4.78 is -1.07. The summed E-state index contributed by atoms with van der Waals surface area (Å²) in [5.41, 5.74) is 5.28. The van der Waals surface area contributed by atoms with Gasteiger partial charge in [0.1, 0.15) is 0 Å². The molecule has 0 radical (unpaired) electrons. The average Bonchev–Trinajstić information content (AvgIpc) is 1.78. The summed E-state index contributed by atoms with van der Waals surface area (Å²) in [7, 11) is 0. The van der Waals surface area contributed by atoms with E-state index in [4.69, 9.17) is 40.5 Å². The van der Waals surface area contributed by atoms with Gasteiger partial charge >= 0.3 is 0 Å². The second-order valence-corrected chi connectivity index (χ2v) is 4.73. The third-order valence-corrected chi connectivity index (χ3v) is 1.73. The fraction of sp³-hybridized carbons (Fsp3) is 1.00. The van der Waals surface area contributed by atoms with E-state index >= 15 is 0 Å². The van der Waals surface area contributed by atoms with E-state index in [0.717, 1.165) is 25.8 Å². The number of halogens is 3. The van der Waals surface area contributed by atoms with Crippen molar-refractivity contribution in [2.45, 2.75) is 29.5 Å². The maximum Gasteiger partial charge on any atom is 0.190 e. The average molecular weight is 205 g/mol. The molecule has 0 saturated heterocycles. The molecule has 0 rings (SSSR count). The van der Waals surface area contributed by atoms with Gasteiger partial charge in [-0.15, -0.1) is 0 Å². The lowest BCUT2D eigenvalue weighted by Crippen LogP contribution is -2.03. The van der Waals surface area contributed by atoms with Crippen LogP contribution in [0, 0.1) is 0 Å². The molecule has 4 heteroatoms. The van der Waals surface area contributed by atoms with E-state index in [-0.39, 0.29) is 0 Å². The Balaban J connectivity index is 3.04. The lowest BCUT2D eigenvalue weighted by molar-refractivity contribution is 0.655. The maximum absolute atomic E-state index is 5.51. The van der Waals surface area contributed by atoms with Gasteiger partial charge in [0.05, 0.1) is 0 Å². The van der Waals surface area contributed by atoms with E-state index in [0.29, 0.717) is 6.42 Å². The standard InChI is InChI=1S/C6H12Cl3N/c7-6(8,9)4-2-1-3-5-10/h1-5,10H2. The highest BCUT2D eigenvalue weighted by molar-refractivity contribution is 6.67. The highest BCUT2D eigenvalue weighted by atomic mass is 35.6. The second-order valence-electron chi connectivity index (χ2n) is 2.21. The van der Waals surface area contributed by atoms with Crippen molar-refractivity contribution in [3.63, 3.8) is 0 Å². The molecule has 0 aliphatic heterocycles. The number of nitrogens with two attached hydrogens (primary N) is 1. The van der Waals surface area contributed by atoms with E-state index in [9.17, 15) is 0 Å². The molecule has 10 heavy (non-hydrogen) atoms. The predicted octanol–water partition coefficient (Wildman–Crippen LogP) is 2.88. The van der Waals surface area contributed by atoms with Crippen molar-refractivity contribution in [1.82, 2.24) is 0 Å². The Morgan fingerprint density at radius 2 is 1.60 bits per heavy atom. The molecular weight excluding hydrogens is 192 g/mol. The summed E-state index contributed by atoms with van der Waals surface area (Å²) in [5.74, 6) is 0. The molecule has 62 valence electrons. The van der Waals surface area contributed by atoms with Crippen LogP contribution in [-0.4, -0.2) is 10.3 Å². The third kappa shape index (κ3) is 8.83. The van der Waals surface area contributed by atoms with Gasteiger partial charge in [-0.1, -0.05) is 41.2 Å². The second kappa shape index (κ2) is 5.48. The van der Waals surface area contributed by atoms with Gasteiger partial charge in [0.2, 0.25) is 0 Å². The molecular formula is C6H12Cl3N. The van der Waals surface area contributed by atoms with Crippen LogP contribution in [-0.2, 0) is 0 Å². The fourth-order valence-corrected chi connectivity index (χ4v) is 1.05. The summed E-state index contributed by atoms with van der Waals surface area (Å²) in [6.07, 6.45) is 3.62. The van der Waals surface area contributed by atoms with Crippen LogP contribution in [0.15, 0.2) is 0 Å². The number of rotatable bonds is 4. The van der Waals surface area contributed by atoms with Crippen molar-refractivity contribution in [1.29, 1.82) is 0 Å². The van der Waals surface area contributed by atoms with E-state index in [1.54, 1.807) is 0 Å². The van der Waals surface area contributed by atoms with Crippen molar-refractivity contribution in [3.05, 3.63) is 0 Å². The van der Waals surface area contributed by atoms with Gasteiger partial charge in [-0.25, -0.2) is 0 Å². The molecule has 0 aromatic heterocycles. The molecule has 0 aliphatic rings. The number of unbranched alkanes of at least 4 members (excludes halogenated alkanes) is 2. The van der Waals surface area contributed by atoms with E-state index in [2.05, 4.69) is 0 Å². The van der Waals surface area contributed by atoms with Crippen LogP contribution < -0.4 is 5.73 Å². The molecule has 0 heterocycles. The summed E-state index contributed by atoms with van der Waals surface area (Å²) >= 11 is 16.5. The third-order valence-electron chi connectivity index (χ3n) is 1.16. The fourth-order valence-electron chi connectivity index (χ4n) is 0.647. The van der Waals surface area contributed by atoms with Gasteiger partial charge in [-0.3, -0.25) is 0 Å². The van der Waals surface area contributed by atoms with Gasteiger partial charge in [-0.05, 0) is 25.8 Å². The van der Waals surface area contributed by atoms with Crippen LogP contribution in [0.1, 0.15) is 25.7 Å². The highest BCUT2D eigenvalue weighted by Gasteiger charge is 2.17. The van der Waals surface area contributed by atoms with E-state index < -0.39 is 3.79 Å². The zero-order valence-electron chi connectivity index (χ0n) is 5.75. The zero-order valence-corrected chi connectivity index (χ0v) is 8.01. The molecule has 0 atom stereocenters. The van der Waals surface area contributed by atoms with Crippen LogP contribution in [0.4, 0.5) is 0 Å². The van der Waals surface area contributed by atoms with Crippen LogP contribution in [0.2, 0.25) is 0 Å². The lowest BCUT2D eigenvalue weighted by atomic mass is 10.2. The van der Waals surface area contributed by atoms with Crippen molar-refractivity contribution >= 4 is 34.8 Å². The first-order valence-corrected chi connectivity index (χ1v) is 4.46. The minimum Gasteiger partial charge on any atom is -0.330 e. The Hall–Kier alpha value is 0.830. The normalized spacial score (nSPS) is 12.0. The topological polar surface area (TPSA) is 26.0 Å². The largest absolute Gasteiger partial charge is 0.330 e. The van der Waals surface area contributed by atoms with Crippen LogP contribution in [0.5, 0.6) is 0 Å². The Labute approximate surface area is 76.8 Å². The Morgan fingerprint density at radius 1 is 1.00 bits per heavy atom. The first-order chi connectivity index (χ1) is 4.56. The minimum absolute atomic E-state index is 0.623. The van der Waals surface area contributed by atoms with Gasteiger partial charge < -0.3 is 5.73 Å². The molecule has 0 fully saturated rings. The maximum atomic E-state index is 5.51. The molecule has 2 N–H and O–H groups in total. The summed E-state index contributed by atoms with van der Waals surface area (Å²) in [6, 6.07) is 0.